The first-order valence-electron chi connectivity index (χ1n) is 12.6. The van der Waals surface area contributed by atoms with Crippen molar-refractivity contribution in [2.24, 2.45) is 0 Å². The Morgan fingerprint density at radius 3 is 1.00 bits per heavy atom. The summed E-state index contributed by atoms with van der Waals surface area (Å²) >= 11 is 0. The van der Waals surface area contributed by atoms with Crippen molar-refractivity contribution in [1.29, 1.82) is 0 Å². The Labute approximate surface area is 230 Å². The van der Waals surface area contributed by atoms with Crippen molar-refractivity contribution in [3.8, 4) is 0 Å². The molecule has 0 amide bonds. The van der Waals surface area contributed by atoms with Crippen molar-refractivity contribution in [1.82, 2.24) is 0 Å². The number of rotatable bonds is 2. The van der Waals surface area contributed by atoms with Gasteiger partial charge < -0.3 is 0 Å². The van der Waals surface area contributed by atoms with Gasteiger partial charge in [-0.15, -0.1) is 0 Å². The maximum atomic E-state index is 9.87. The molecule has 0 N–H and O–H groups in total. The molecule has 211 valence electrons. The first-order valence-corrected chi connectivity index (χ1v) is 17.6. The van der Waals surface area contributed by atoms with E-state index in [9.17, 15) is 25.2 Å². The Bertz CT molecular complexity index is 691. The molecular weight excluding hydrogens is 622 g/mol. The van der Waals surface area contributed by atoms with E-state index < -0.39 is 7.81 Å². The van der Waals surface area contributed by atoms with Crippen LogP contribution in [0.4, 0.5) is 25.2 Å². The van der Waals surface area contributed by atoms with Gasteiger partial charge >= 0.3 is 33.0 Å². The molecule has 1 aromatic carbocycles. The second kappa shape index (κ2) is 13.9. The molecular formula is C26H40F6P3Rh-. The fraction of sp³-hybridized carbons (Fsp3) is 0.615. The van der Waals surface area contributed by atoms with Crippen LogP contribution < -0.4 is 10.6 Å². The minimum atomic E-state index is -10.7. The number of halogens is 6. The molecule has 0 spiro atoms. The minimum absolute atomic E-state index is 0. The summed E-state index contributed by atoms with van der Waals surface area (Å²) in [6, 6.07) is 9.55. The SMILES string of the molecule is C[C@@H]1CC[C@@H](C)P1c1ccccc1P1[C@H](C)CC[C@H]1C.F[P-](F)(F)(F)(F)F.[CH]1[CH]CC[CH][CH]CC1.[Rh]. The maximum Gasteiger partial charge on any atom is 0 e. The van der Waals surface area contributed by atoms with E-state index in [-0.39, 0.29) is 35.3 Å². The molecule has 4 atom stereocenters. The van der Waals surface area contributed by atoms with Gasteiger partial charge in [0, 0.05) is 19.5 Å². The molecule has 0 aromatic heterocycles. The zero-order valence-electron chi connectivity index (χ0n) is 21.5. The number of hydrogen-bond acceptors (Lipinski definition) is 0. The first kappa shape index (κ1) is 34.7. The standard InChI is InChI=1S/C18H28P2.C8H12.F6P.Rh/c1-13-9-10-14(2)19(13)17-7-5-6-8-18(17)20-15(3)11-12-16(20)4;1-2-4-6-8-7-5-3-1;1-7(2,3,4,5)6;/h5-8,13-16H,9-12H2,1-4H3;1-2,7-8H,3-6H2;;/q;;-1;/t13-,14-,15-,16-;;;/m1.../s1. The molecule has 1 aromatic rings. The van der Waals surface area contributed by atoms with Gasteiger partial charge in [0.05, 0.1) is 0 Å². The average molecular weight is 662 g/mol. The van der Waals surface area contributed by atoms with Crippen LogP contribution in [-0.2, 0) is 19.5 Å². The average Bonchev–Trinajstić information content (AvgIpc) is 3.20. The van der Waals surface area contributed by atoms with Gasteiger partial charge in [-0.05, 0) is 110 Å². The predicted octanol–water partition coefficient (Wildman–Crippen LogP) is 10.8. The molecule has 0 bridgehead atoms. The van der Waals surface area contributed by atoms with Crippen LogP contribution in [0, 0.1) is 25.7 Å². The van der Waals surface area contributed by atoms with Gasteiger partial charge in [-0.1, -0.05) is 67.8 Å². The monoisotopic (exact) mass is 662 g/mol. The summed E-state index contributed by atoms with van der Waals surface area (Å²) in [5.74, 6) is 0. The van der Waals surface area contributed by atoms with Crippen LogP contribution in [0.1, 0.15) is 79.1 Å². The van der Waals surface area contributed by atoms with E-state index in [0.717, 1.165) is 22.6 Å². The predicted molar refractivity (Wildman–Crippen MR) is 145 cm³/mol. The quantitative estimate of drug-likeness (QED) is 0.168. The fourth-order valence-electron chi connectivity index (χ4n) is 5.10. The van der Waals surface area contributed by atoms with Crippen molar-refractivity contribution in [2.45, 2.75) is 102 Å². The molecule has 2 heterocycles. The summed E-state index contributed by atoms with van der Waals surface area (Å²) in [5, 5.41) is 3.57. The second-order valence-corrected chi connectivity index (χ2v) is 17.9. The van der Waals surface area contributed by atoms with Gasteiger partial charge in [-0.3, -0.25) is 0 Å². The van der Waals surface area contributed by atoms with Crippen molar-refractivity contribution < 1.29 is 44.7 Å². The zero-order valence-corrected chi connectivity index (χ0v) is 25.8. The van der Waals surface area contributed by atoms with E-state index in [1.807, 2.05) is 0 Å². The Kier molecular flexibility index (Phi) is 13.4. The minimum Gasteiger partial charge on any atom is -0.0496 e. The molecule has 0 unspecified atom stereocenters. The molecule has 3 aliphatic rings. The Morgan fingerprint density at radius 1 is 0.556 bits per heavy atom. The molecule has 1 saturated carbocycles. The van der Waals surface area contributed by atoms with Crippen molar-refractivity contribution in [3.63, 3.8) is 0 Å². The Balaban J connectivity index is 0.000000336. The van der Waals surface area contributed by atoms with Crippen molar-refractivity contribution in [2.75, 3.05) is 0 Å². The van der Waals surface area contributed by atoms with E-state index in [1.54, 1.807) is 10.6 Å². The van der Waals surface area contributed by atoms with Gasteiger partial charge in [0.25, 0.3) is 0 Å². The zero-order chi connectivity index (χ0) is 26.3. The van der Waals surface area contributed by atoms with Gasteiger partial charge in [-0.2, -0.15) is 0 Å². The number of hydrogen-bond donors (Lipinski definition) is 0. The topological polar surface area (TPSA) is 0 Å². The molecule has 10 heteroatoms. The third-order valence-electron chi connectivity index (χ3n) is 6.68. The van der Waals surface area contributed by atoms with E-state index in [1.165, 1.54) is 51.4 Å². The van der Waals surface area contributed by atoms with E-state index in [2.05, 4.69) is 77.6 Å². The van der Waals surface area contributed by atoms with Gasteiger partial charge in [0.15, 0.2) is 0 Å². The molecule has 1 aliphatic carbocycles. The van der Waals surface area contributed by atoms with E-state index >= 15 is 0 Å². The fourth-order valence-corrected chi connectivity index (χ4v) is 12.3. The summed E-state index contributed by atoms with van der Waals surface area (Å²) < 4.78 is 59.2. The van der Waals surface area contributed by atoms with E-state index in [0.29, 0.717) is 0 Å². The van der Waals surface area contributed by atoms with Crippen LogP contribution >= 0.6 is 23.7 Å². The van der Waals surface area contributed by atoms with Gasteiger partial charge in [0.1, 0.15) is 0 Å². The van der Waals surface area contributed by atoms with Crippen molar-refractivity contribution in [3.05, 3.63) is 49.9 Å². The Morgan fingerprint density at radius 2 is 0.778 bits per heavy atom. The van der Waals surface area contributed by atoms with E-state index in [4.69, 9.17) is 0 Å². The maximum absolute atomic E-state index is 10.7. The summed E-state index contributed by atoms with van der Waals surface area (Å²) in [6.07, 6.45) is 19.8. The van der Waals surface area contributed by atoms with Crippen LogP contribution in [0.25, 0.3) is 0 Å². The summed E-state index contributed by atoms with van der Waals surface area (Å²) in [5.41, 5.74) is 3.74. The molecule has 5 radical (unpaired) electrons. The van der Waals surface area contributed by atoms with Crippen LogP contribution in [-0.4, -0.2) is 22.6 Å². The second-order valence-electron chi connectivity index (χ2n) is 9.91. The van der Waals surface area contributed by atoms with Crippen LogP contribution in [0.3, 0.4) is 0 Å². The van der Waals surface area contributed by atoms with Gasteiger partial charge in [-0.25, -0.2) is 0 Å². The first-order chi connectivity index (χ1) is 16.0. The van der Waals surface area contributed by atoms with Gasteiger partial charge in [0.2, 0.25) is 0 Å². The van der Waals surface area contributed by atoms with Crippen LogP contribution in [0.15, 0.2) is 24.3 Å². The summed E-state index contributed by atoms with van der Waals surface area (Å²) in [4.78, 5) is 0. The van der Waals surface area contributed by atoms with Crippen LogP contribution in [0.2, 0.25) is 0 Å². The third kappa shape index (κ3) is 13.7. The molecule has 2 saturated heterocycles. The van der Waals surface area contributed by atoms with Crippen molar-refractivity contribution >= 4 is 34.3 Å². The normalized spacial score (nSPS) is 29.7. The molecule has 4 rings (SSSR count). The smallest absolute Gasteiger partial charge is 0 e. The Hall–Kier alpha value is 0.713. The third-order valence-corrected chi connectivity index (χ3v) is 13.6. The largest absolute Gasteiger partial charge is 0.0496 e. The number of benzene rings is 1. The summed E-state index contributed by atoms with van der Waals surface area (Å²) in [6.45, 7) is 10.0. The van der Waals surface area contributed by atoms with Crippen LogP contribution in [0.5, 0.6) is 0 Å². The molecule has 0 nitrogen and oxygen atoms in total. The molecule has 2 aliphatic heterocycles. The molecule has 36 heavy (non-hydrogen) atoms. The molecule has 3 fully saturated rings. The summed E-state index contributed by atoms with van der Waals surface area (Å²) in [7, 11) is -10.5.